The number of hydrogen-bond acceptors (Lipinski definition) is 10. The van der Waals surface area contributed by atoms with Crippen LogP contribution in [0.5, 0.6) is 0 Å². The average Bonchev–Trinajstić information content (AvgIpc) is 3.20. The summed E-state index contributed by atoms with van der Waals surface area (Å²) < 4.78 is 11.2. The molecule has 0 bridgehead atoms. The van der Waals surface area contributed by atoms with Crippen molar-refractivity contribution >= 4 is 23.5 Å². The van der Waals surface area contributed by atoms with Crippen LogP contribution in [0.4, 0.5) is 0 Å². The van der Waals surface area contributed by atoms with Crippen molar-refractivity contribution in [3.05, 3.63) is 130 Å². The molecule has 4 unspecified atom stereocenters. The molecule has 0 amide bonds. The summed E-state index contributed by atoms with van der Waals surface area (Å²) in [5.41, 5.74) is 29.6. The van der Waals surface area contributed by atoms with Gasteiger partial charge in [-0.15, -0.1) is 0 Å². The van der Waals surface area contributed by atoms with Crippen molar-refractivity contribution < 1.29 is 28.7 Å². The van der Waals surface area contributed by atoms with Crippen LogP contribution < -0.4 is 22.9 Å². The second kappa shape index (κ2) is 26.0. The fourth-order valence-electron chi connectivity index (χ4n) is 7.47. The number of hydrogen-bond donors (Lipinski definition) is 4. The zero-order chi connectivity index (χ0) is 46.6. The van der Waals surface area contributed by atoms with E-state index in [0.29, 0.717) is 49.9 Å². The highest BCUT2D eigenvalue weighted by molar-refractivity contribution is 6.02. The predicted octanol–water partition coefficient (Wildman–Crippen LogP) is 8.92. The topological polar surface area (TPSA) is 191 Å². The molecule has 10 heteroatoms. The Morgan fingerprint density at radius 3 is 1.24 bits per heavy atom. The number of unbranched alkanes of at least 4 members (excludes halogenated alkanes) is 2. The Balaban J connectivity index is 1.97. The van der Waals surface area contributed by atoms with Crippen LogP contribution in [0.3, 0.4) is 0 Å². The number of allylic oxidation sites excluding steroid dienone is 20. The van der Waals surface area contributed by atoms with Gasteiger partial charge in [0.15, 0.2) is 23.8 Å². The molecule has 0 saturated heterocycles. The molecule has 62 heavy (non-hydrogen) atoms. The molecular formula is C52H76N4O6. The lowest BCUT2D eigenvalue weighted by Gasteiger charge is -2.36. The van der Waals surface area contributed by atoms with E-state index in [2.05, 4.69) is 27.7 Å². The molecule has 4 atom stereocenters. The van der Waals surface area contributed by atoms with Crippen molar-refractivity contribution in [2.24, 2.45) is 33.8 Å². The van der Waals surface area contributed by atoms with Crippen LogP contribution in [-0.4, -0.2) is 60.9 Å². The van der Waals surface area contributed by atoms with Crippen LogP contribution in [0.1, 0.15) is 121 Å². The Labute approximate surface area is 372 Å². The summed E-state index contributed by atoms with van der Waals surface area (Å²) >= 11 is 0. The highest BCUT2D eigenvalue weighted by atomic mass is 16.6. The number of nitrogens with two attached hydrogens (primary N) is 4. The third-order valence-electron chi connectivity index (χ3n) is 11.3. The van der Waals surface area contributed by atoms with Crippen LogP contribution in [0.2, 0.25) is 0 Å². The fourth-order valence-corrected chi connectivity index (χ4v) is 7.47. The van der Waals surface area contributed by atoms with Crippen molar-refractivity contribution in [2.75, 3.05) is 13.1 Å². The SMILES string of the molecule is CC(C=CC=C(C)C=CC1=C(C)C(=O)C(OC(=O)C(N)CCCCN)CC1(C)C)=CC=CC=C(C)C=CC=C(C)C=CC1=C(C)C(=O)C(OC(=O)C(N)CCCCN)CC1(C)C. The third kappa shape index (κ3) is 17.6. The van der Waals surface area contributed by atoms with Crippen LogP contribution in [0, 0.1) is 10.8 Å². The second-order valence-corrected chi connectivity index (χ2v) is 18.0. The first kappa shape index (κ1) is 53.4. The van der Waals surface area contributed by atoms with Gasteiger partial charge in [-0.25, -0.2) is 0 Å². The molecule has 0 saturated carbocycles. The number of rotatable bonds is 22. The van der Waals surface area contributed by atoms with Gasteiger partial charge in [0.25, 0.3) is 0 Å². The molecule has 0 spiro atoms. The monoisotopic (exact) mass is 853 g/mol. The summed E-state index contributed by atoms with van der Waals surface area (Å²) in [5.74, 6) is -1.44. The lowest BCUT2D eigenvalue weighted by molar-refractivity contribution is -0.157. The molecule has 0 fully saturated rings. The molecule has 0 heterocycles. The average molecular weight is 853 g/mol. The van der Waals surface area contributed by atoms with Gasteiger partial charge in [-0.05, 0) is 113 Å². The van der Waals surface area contributed by atoms with E-state index in [1.54, 1.807) is 13.8 Å². The van der Waals surface area contributed by atoms with Gasteiger partial charge >= 0.3 is 11.9 Å². The number of Topliss-reactive ketones (excluding diaryl/α,β-unsaturated/α-hetero) is 2. The number of esters is 2. The molecule has 8 N–H and O–H groups in total. The minimum absolute atomic E-state index is 0.179. The number of carbonyl (C=O) groups is 4. The van der Waals surface area contributed by atoms with E-state index in [-0.39, 0.29) is 22.4 Å². The number of carbonyl (C=O) groups excluding carboxylic acids is 4. The molecule has 2 aliphatic rings. The summed E-state index contributed by atoms with van der Waals surface area (Å²) in [4.78, 5) is 51.6. The molecule has 0 radical (unpaired) electrons. The van der Waals surface area contributed by atoms with Crippen LogP contribution in [0.15, 0.2) is 130 Å². The lowest BCUT2D eigenvalue weighted by Crippen LogP contribution is -2.42. The van der Waals surface area contributed by atoms with Gasteiger partial charge in [0, 0.05) is 12.8 Å². The van der Waals surface area contributed by atoms with Gasteiger partial charge in [0.2, 0.25) is 0 Å². The molecule has 2 rings (SSSR count). The number of ether oxygens (including phenoxy) is 2. The van der Waals surface area contributed by atoms with Crippen LogP contribution >= 0.6 is 0 Å². The zero-order valence-electron chi connectivity index (χ0n) is 39.2. The Kier molecular flexibility index (Phi) is 22.4. The summed E-state index contributed by atoms with van der Waals surface area (Å²) in [6.45, 7) is 21.0. The Bertz CT molecular complexity index is 1810. The van der Waals surface area contributed by atoms with Gasteiger partial charge in [0.1, 0.15) is 12.1 Å². The molecule has 340 valence electrons. The largest absolute Gasteiger partial charge is 0.453 e. The number of ketones is 2. The van der Waals surface area contributed by atoms with E-state index in [0.717, 1.165) is 59.1 Å². The maximum Gasteiger partial charge on any atom is 0.323 e. The van der Waals surface area contributed by atoms with E-state index in [1.807, 2.05) is 113 Å². The van der Waals surface area contributed by atoms with E-state index in [1.165, 1.54) is 0 Å². The van der Waals surface area contributed by atoms with Gasteiger partial charge in [0.05, 0.1) is 0 Å². The fraction of sp³-hybridized carbons (Fsp3) is 0.500. The van der Waals surface area contributed by atoms with E-state index < -0.39 is 36.2 Å². The smallest absolute Gasteiger partial charge is 0.323 e. The highest BCUT2D eigenvalue weighted by Gasteiger charge is 2.41. The lowest BCUT2D eigenvalue weighted by atomic mass is 9.71. The van der Waals surface area contributed by atoms with Crippen molar-refractivity contribution in [1.29, 1.82) is 0 Å². The summed E-state index contributed by atoms with van der Waals surface area (Å²) in [6.07, 6.45) is 31.3. The van der Waals surface area contributed by atoms with Gasteiger partial charge in [-0.1, -0.05) is 148 Å². The van der Waals surface area contributed by atoms with Crippen LogP contribution in [-0.2, 0) is 28.7 Å². The minimum Gasteiger partial charge on any atom is -0.453 e. The normalized spacial score (nSPS) is 21.7. The summed E-state index contributed by atoms with van der Waals surface area (Å²) in [6, 6.07) is -1.52. The molecule has 0 aromatic rings. The maximum atomic E-state index is 13.2. The van der Waals surface area contributed by atoms with E-state index >= 15 is 0 Å². The zero-order valence-corrected chi connectivity index (χ0v) is 39.2. The van der Waals surface area contributed by atoms with Crippen molar-refractivity contribution in [1.82, 2.24) is 0 Å². The summed E-state index contributed by atoms with van der Waals surface area (Å²) in [5, 5.41) is 0. The van der Waals surface area contributed by atoms with Crippen molar-refractivity contribution in [3.63, 3.8) is 0 Å². The molecule has 10 nitrogen and oxygen atoms in total. The van der Waals surface area contributed by atoms with E-state index in [9.17, 15) is 19.2 Å². The van der Waals surface area contributed by atoms with Gasteiger partial charge < -0.3 is 32.4 Å². The second-order valence-electron chi connectivity index (χ2n) is 18.0. The third-order valence-corrected chi connectivity index (χ3v) is 11.3. The molecule has 2 aliphatic carbocycles. The van der Waals surface area contributed by atoms with E-state index in [4.69, 9.17) is 32.4 Å². The van der Waals surface area contributed by atoms with Gasteiger partial charge in [-0.2, -0.15) is 0 Å². The quantitative estimate of drug-likeness (QED) is 0.0465. The minimum atomic E-state index is -0.839. The first-order valence-corrected chi connectivity index (χ1v) is 22.1. The van der Waals surface area contributed by atoms with Crippen LogP contribution in [0.25, 0.3) is 0 Å². The molecule has 0 aliphatic heterocycles. The van der Waals surface area contributed by atoms with Gasteiger partial charge in [-0.3, -0.25) is 19.2 Å². The first-order chi connectivity index (χ1) is 29.1. The summed E-state index contributed by atoms with van der Waals surface area (Å²) in [7, 11) is 0. The first-order valence-electron chi connectivity index (χ1n) is 22.1. The van der Waals surface area contributed by atoms with Crippen molar-refractivity contribution in [2.45, 2.75) is 145 Å². The molecular weight excluding hydrogens is 777 g/mol. The maximum absolute atomic E-state index is 13.2. The Morgan fingerprint density at radius 1 is 0.581 bits per heavy atom. The molecule has 0 aromatic heterocycles. The molecule has 0 aromatic carbocycles. The Morgan fingerprint density at radius 2 is 0.903 bits per heavy atom. The highest BCUT2D eigenvalue weighted by Crippen LogP contribution is 2.42. The standard InChI is InChI=1S/C52H76N4O6/c1-35(21-17-23-37(3)27-29-41-39(5)47(57)45(33-51(41,7)8)61-49(59)43(55)25-13-15-31-53)19-11-12-20-36(2)22-18-24-38(4)28-30-42-40(6)48(58)46(34-52(42,9)10)62-50(60)44(56)26-14-16-32-54/h11-12,17-24,27-30,43-46H,13-16,25-26,31-34,53-56H2,1-10H3. The predicted molar refractivity (Wildman–Crippen MR) is 254 cm³/mol. The van der Waals surface area contributed by atoms with Crippen molar-refractivity contribution in [3.8, 4) is 0 Å². The Hall–Kier alpha value is -4.74.